The average molecular weight is 244 g/mol. The van der Waals surface area contributed by atoms with Crippen LogP contribution in [0, 0.1) is 0 Å². The lowest BCUT2D eigenvalue weighted by molar-refractivity contribution is -0.0557. The number of ether oxygens (including phenoxy) is 1. The fourth-order valence-electron chi connectivity index (χ4n) is 2.51. The summed E-state index contributed by atoms with van der Waals surface area (Å²) in [4.78, 5) is 2.39. The minimum atomic E-state index is 0.506. The van der Waals surface area contributed by atoms with Crippen molar-refractivity contribution in [3.05, 3.63) is 0 Å². The molecular weight excluding hydrogens is 220 g/mol. The molecule has 0 aromatic rings. The van der Waals surface area contributed by atoms with Crippen molar-refractivity contribution in [3.8, 4) is 0 Å². The molecule has 94 valence electrons. The molecule has 2 fully saturated rings. The van der Waals surface area contributed by atoms with E-state index in [2.05, 4.69) is 22.1 Å². The summed E-state index contributed by atoms with van der Waals surface area (Å²) in [6.45, 7) is 4.70. The smallest absolute Gasteiger partial charge is 0.0604 e. The van der Waals surface area contributed by atoms with Crippen LogP contribution >= 0.6 is 11.5 Å². The molecule has 2 aliphatic rings. The van der Waals surface area contributed by atoms with Crippen LogP contribution < -0.4 is 0 Å². The van der Waals surface area contributed by atoms with Crippen molar-refractivity contribution < 1.29 is 4.74 Å². The summed E-state index contributed by atoms with van der Waals surface area (Å²) in [5.41, 5.74) is 0. The lowest BCUT2D eigenvalue weighted by atomic mass is 10.1. The Morgan fingerprint density at radius 1 is 1.00 bits per heavy atom. The standard InChI is InChI=1S/C12H24N2OS/c1-13-7-3-11(4-8-13)15-12-5-9-14(16-2)10-6-12/h11-12,16H,2-10H2,1H3. The molecule has 0 aromatic carbocycles. The largest absolute Gasteiger partial charge is 0.375 e. The van der Waals surface area contributed by atoms with Gasteiger partial charge in [0.1, 0.15) is 0 Å². The van der Waals surface area contributed by atoms with E-state index in [1.807, 2.05) is 0 Å². The Morgan fingerprint density at radius 2 is 1.50 bits per heavy atom. The van der Waals surface area contributed by atoms with Crippen molar-refractivity contribution >= 4 is 17.4 Å². The Kier molecular flexibility index (Phi) is 4.82. The van der Waals surface area contributed by atoms with Crippen LogP contribution in [0.25, 0.3) is 0 Å². The summed E-state index contributed by atoms with van der Waals surface area (Å²) < 4.78 is 8.58. The maximum Gasteiger partial charge on any atom is 0.0604 e. The molecule has 0 N–H and O–H groups in total. The van der Waals surface area contributed by atoms with Crippen molar-refractivity contribution in [2.45, 2.75) is 37.9 Å². The molecule has 0 amide bonds. The van der Waals surface area contributed by atoms with Crippen LogP contribution in [0.5, 0.6) is 0 Å². The first-order valence-electron chi connectivity index (χ1n) is 6.33. The van der Waals surface area contributed by atoms with Gasteiger partial charge in [-0.05, 0) is 32.7 Å². The quantitative estimate of drug-likeness (QED) is 0.596. The van der Waals surface area contributed by atoms with Gasteiger partial charge in [0.05, 0.1) is 12.2 Å². The second-order valence-corrected chi connectivity index (χ2v) is 5.78. The minimum absolute atomic E-state index is 0.506. The van der Waals surface area contributed by atoms with Gasteiger partial charge in [0.2, 0.25) is 0 Å². The first kappa shape index (κ1) is 12.6. The van der Waals surface area contributed by atoms with Gasteiger partial charge in [0.15, 0.2) is 0 Å². The molecule has 0 bridgehead atoms. The first-order valence-corrected chi connectivity index (χ1v) is 7.37. The Balaban J connectivity index is 1.68. The van der Waals surface area contributed by atoms with Crippen LogP contribution in [0.3, 0.4) is 0 Å². The monoisotopic (exact) mass is 244 g/mol. The summed E-state index contributed by atoms with van der Waals surface area (Å²) in [6.07, 6.45) is 5.83. The molecule has 0 aromatic heterocycles. The maximum absolute atomic E-state index is 6.20. The number of hydrogen-bond donors (Lipinski definition) is 1. The summed E-state index contributed by atoms with van der Waals surface area (Å²) in [5, 5.41) is 0. The van der Waals surface area contributed by atoms with Gasteiger partial charge in [0.25, 0.3) is 0 Å². The van der Waals surface area contributed by atoms with E-state index in [0.29, 0.717) is 12.2 Å². The zero-order valence-corrected chi connectivity index (χ0v) is 11.2. The molecular formula is C12H24N2OS. The van der Waals surface area contributed by atoms with Crippen molar-refractivity contribution in [2.24, 2.45) is 0 Å². The molecule has 16 heavy (non-hydrogen) atoms. The van der Waals surface area contributed by atoms with E-state index in [4.69, 9.17) is 4.74 Å². The van der Waals surface area contributed by atoms with E-state index in [-0.39, 0.29) is 0 Å². The van der Waals surface area contributed by atoms with Crippen molar-refractivity contribution in [2.75, 3.05) is 33.2 Å². The molecule has 0 radical (unpaired) electrons. The number of hydrogen-bond acceptors (Lipinski definition) is 3. The summed E-state index contributed by atoms with van der Waals surface area (Å²) >= 11 is 1.17. The number of thiol groups is 1. The fourth-order valence-corrected chi connectivity index (χ4v) is 3.03. The van der Waals surface area contributed by atoms with Crippen molar-refractivity contribution in [3.63, 3.8) is 0 Å². The molecule has 2 aliphatic heterocycles. The first-order chi connectivity index (χ1) is 7.78. The lowest BCUT2D eigenvalue weighted by Crippen LogP contribution is -2.39. The number of rotatable bonds is 3. The molecule has 2 saturated heterocycles. The Morgan fingerprint density at radius 3 is 2.00 bits per heavy atom. The van der Waals surface area contributed by atoms with E-state index in [9.17, 15) is 0 Å². The van der Waals surface area contributed by atoms with E-state index in [1.54, 1.807) is 0 Å². The summed E-state index contributed by atoms with van der Waals surface area (Å²) in [7, 11) is 2.20. The molecule has 3 nitrogen and oxygen atoms in total. The Hall–Kier alpha value is 0.1000. The van der Waals surface area contributed by atoms with Gasteiger partial charge in [-0.2, -0.15) is 0 Å². The third-order valence-electron chi connectivity index (χ3n) is 3.67. The van der Waals surface area contributed by atoms with Gasteiger partial charge in [0, 0.05) is 26.2 Å². The van der Waals surface area contributed by atoms with Gasteiger partial charge in [-0.3, -0.25) is 4.31 Å². The zero-order valence-electron chi connectivity index (χ0n) is 10.3. The second-order valence-electron chi connectivity index (χ2n) is 4.93. The molecule has 0 unspecified atom stereocenters. The average Bonchev–Trinajstić information content (AvgIpc) is 2.33. The number of likely N-dealkylation sites (tertiary alicyclic amines) is 1. The van der Waals surface area contributed by atoms with Crippen molar-refractivity contribution in [1.82, 2.24) is 9.21 Å². The predicted octanol–water partition coefficient (Wildman–Crippen LogP) is 1.37. The van der Waals surface area contributed by atoms with Gasteiger partial charge in [-0.1, -0.05) is 5.87 Å². The molecule has 0 saturated carbocycles. The molecule has 0 spiro atoms. The van der Waals surface area contributed by atoms with Crippen LogP contribution in [0.2, 0.25) is 0 Å². The highest BCUT2D eigenvalue weighted by molar-refractivity contribution is 7.94. The van der Waals surface area contributed by atoms with Crippen LogP contribution in [0.15, 0.2) is 0 Å². The molecule has 2 heterocycles. The lowest BCUT2D eigenvalue weighted by Gasteiger charge is -2.35. The second kappa shape index (κ2) is 6.15. The summed E-state index contributed by atoms with van der Waals surface area (Å²) in [5.74, 6) is 3.91. The van der Waals surface area contributed by atoms with Crippen LogP contribution in [-0.4, -0.2) is 60.5 Å². The Labute approximate surface area is 103 Å². The van der Waals surface area contributed by atoms with Crippen LogP contribution in [0.1, 0.15) is 25.7 Å². The van der Waals surface area contributed by atoms with Gasteiger partial charge < -0.3 is 9.64 Å². The van der Waals surface area contributed by atoms with Gasteiger partial charge >= 0.3 is 0 Å². The molecule has 4 heteroatoms. The highest BCUT2D eigenvalue weighted by Gasteiger charge is 2.24. The zero-order chi connectivity index (χ0) is 11.4. The van der Waals surface area contributed by atoms with Crippen LogP contribution in [-0.2, 0) is 4.74 Å². The highest BCUT2D eigenvalue weighted by atomic mass is 32.1. The molecule has 2 rings (SSSR count). The van der Waals surface area contributed by atoms with E-state index < -0.39 is 0 Å². The SMILES string of the molecule is C=[SH]N1CCC(OC2CCN(C)CC2)CC1. The predicted molar refractivity (Wildman–Crippen MR) is 72.3 cm³/mol. The fraction of sp³-hybridized carbons (Fsp3) is 0.917. The molecule has 0 aliphatic carbocycles. The third-order valence-corrected chi connectivity index (χ3v) is 4.47. The van der Waals surface area contributed by atoms with E-state index >= 15 is 0 Å². The number of nitrogens with zero attached hydrogens (tertiary/aromatic N) is 2. The van der Waals surface area contributed by atoms with Crippen LogP contribution in [0.4, 0.5) is 0 Å². The highest BCUT2D eigenvalue weighted by Crippen LogP contribution is 2.21. The normalized spacial score (nSPS) is 27.3. The maximum atomic E-state index is 6.20. The summed E-state index contributed by atoms with van der Waals surface area (Å²) in [6, 6.07) is 0. The minimum Gasteiger partial charge on any atom is -0.375 e. The topological polar surface area (TPSA) is 15.7 Å². The van der Waals surface area contributed by atoms with E-state index in [1.165, 1.54) is 50.3 Å². The Bertz CT molecular complexity index is 221. The van der Waals surface area contributed by atoms with Gasteiger partial charge in [-0.25, -0.2) is 0 Å². The van der Waals surface area contributed by atoms with E-state index in [0.717, 1.165) is 13.1 Å². The third kappa shape index (κ3) is 3.55. The van der Waals surface area contributed by atoms with Crippen molar-refractivity contribution in [1.29, 1.82) is 0 Å². The molecule has 0 atom stereocenters. The number of piperidine rings is 2. The van der Waals surface area contributed by atoms with Gasteiger partial charge in [-0.15, -0.1) is 11.5 Å².